The summed E-state index contributed by atoms with van der Waals surface area (Å²) >= 11 is 6.37. The maximum absolute atomic E-state index is 15.1. The van der Waals surface area contributed by atoms with Crippen LogP contribution in [0.4, 0.5) is 10.2 Å². The minimum Gasteiger partial charge on any atom is -0.379 e. The van der Waals surface area contributed by atoms with E-state index in [0.29, 0.717) is 46.4 Å². The quantitative estimate of drug-likeness (QED) is 0.545. The molecular weight excluding hydrogens is 417 g/mol. The zero-order valence-corrected chi connectivity index (χ0v) is 18.7. The zero-order valence-electron chi connectivity index (χ0n) is 17.9. The van der Waals surface area contributed by atoms with Gasteiger partial charge in [0.25, 0.3) is 0 Å². The molecular formula is C19H22B3ClFN5O2. The molecule has 1 aliphatic rings. The predicted octanol–water partition coefficient (Wildman–Crippen LogP) is -0.0616. The van der Waals surface area contributed by atoms with Gasteiger partial charge >= 0.3 is 0 Å². The number of rotatable bonds is 5. The molecule has 12 heteroatoms. The zero-order chi connectivity index (χ0) is 22.3. The Bertz CT molecular complexity index is 1160. The van der Waals surface area contributed by atoms with Crippen LogP contribution in [0.3, 0.4) is 0 Å². The Kier molecular flexibility index (Phi) is 5.74. The second-order valence-electron chi connectivity index (χ2n) is 8.83. The van der Waals surface area contributed by atoms with Crippen LogP contribution in [0.2, 0.25) is 5.02 Å². The average molecular weight is 439 g/mol. The van der Waals surface area contributed by atoms with Crippen molar-refractivity contribution < 1.29 is 13.9 Å². The number of hydrogen-bond acceptors (Lipinski definition) is 5. The fraction of sp³-hybridized carbons (Fsp3) is 0.316. The van der Waals surface area contributed by atoms with Crippen LogP contribution in [-0.2, 0) is 4.74 Å². The van der Waals surface area contributed by atoms with Gasteiger partial charge in [-0.1, -0.05) is 11.6 Å². The second-order valence-corrected chi connectivity index (χ2v) is 9.23. The number of hydrogen-bond donors (Lipinski definition) is 2. The van der Waals surface area contributed by atoms with Gasteiger partial charge in [0.15, 0.2) is 5.65 Å². The van der Waals surface area contributed by atoms with Crippen molar-refractivity contribution >= 4 is 52.5 Å². The van der Waals surface area contributed by atoms with Crippen LogP contribution in [0.5, 0.6) is 0 Å². The van der Waals surface area contributed by atoms with E-state index in [2.05, 4.69) is 20.7 Å². The number of amides is 1. The van der Waals surface area contributed by atoms with E-state index in [9.17, 15) is 4.79 Å². The number of ether oxygens (including phenoxy) is 1. The summed E-state index contributed by atoms with van der Waals surface area (Å²) in [4.78, 5) is 17.3. The number of carbonyl (C=O) groups is 1. The smallest absolute Gasteiger partial charge is 0.249 e. The van der Waals surface area contributed by atoms with Crippen LogP contribution in [0.15, 0.2) is 24.5 Å². The highest BCUT2D eigenvalue weighted by molar-refractivity contribution is 6.60. The molecule has 1 aliphatic heterocycles. The van der Waals surface area contributed by atoms with Crippen LogP contribution in [-0.4, -0.2) is 68.5 Å². The summed E-state index contributed by atoms with van der Waals surface area (Å²) in [5.41, 5.74) is 1.93. The van der Waals surface area contributed by atoms with E-state index in [1.165, 1.54) is 16.8 Å². The molecule has 1 atom stereocenters. The van der Waals surface area contributed by atoms with Crippen molar-refractivity contribution in [1.29, 1.82) is 0 Å². The van der Waals surface area contributed by atoms with Crippen molar-refractivity contribution in [2.24, 2.45) is 0 Å². The fourth-order valence-electron chi connectivity index (χ4n) is 3.53. The molecule has 31 heavy (non-hydrogen) atoms. The number of aryl methyl sites for hydroxylation is 1. The van der Waals surface area contributed by atoms with Crippen LogP contribution in [0.25, 0.3) is 16.8 Å². The van der Waals surface area contributed by atoms with Gasteiger partial charge in [-0.3, -0.25) is 4.79 Å². The molecule has 158 valence electrons. The van der Waals surface area contributed by atoms with Crippen molar-refractivity contribution in [2.75, 3.05) is 18.5 Å². The Hall–Kier alpha value is -2.52. The molecule has 1 amide bonds. The molecule has 2 N–H and O–H groups in total. The summed E-state index contributed by atoms with van der Waals surface area (Å²) in [5.74, 6) is -0.198. The first-order chi connectivity index (χ1) is 14.6. The van der Waals surface area contributed by atoms with Crippen LogP contribution >= 0.6 is 11.6 Å². The normalized spacial score (nSPS) is 16.5. The molecule has 1 saturated heterocycles. The summed E-state index contributed by atoms with van der Waals surface area (Å²) in [6.07, 6.45) is 4.02. The van der Waals surface area contributed by atoms with E-state index in [-0.39, 0.29) is 17.5 Å². The lowest BCUT2D eigenvalue weighted by Crippen LogP contribution is -2.50. The summed E-state index contributed by atoms with van der Waals surface area (Å²) in [5, 5.41) is 10.5. The lowest BCUT2D eigenvalue weighted by molar-refractivity contribution is 0.0952. The van der Waals surface area contributed by atoms with Gasteiger partial charge in [-0.25, -0.2) is 13.9 Å². The maximum Gasteiger partial charge on any atom is 0.249 e. The molecule has 4 rings (SSSR count). The van der Waals surface area contributed by atoms with E-state index in [0.717, 1.165) is 6.42 Å². The SMILES string of the molecule is BC(B)(B)NC(=O)c1cc(C)c(F)c(-c2cnn3cc(Cl)c(N[C@H]4CCOC4)nc23)c1. The number of benzene rings is 1. The van der Waals surface area contributed by atoms with Crippen molar-refractivity contribution in [3.8, 4) is 11.1 Å². The van der Waals surface area contributed by atoms with Gasteiger partial charge in [-0.05, 0) is 36.3 Å². The first kappa shape index (κ1) is 21.7. The standard InChI is InChI=1S/C19H22B3ClFN5O2/c1-9-4-10(18(30)28-19(20,21)22)5-12(15(9)24)13-6-25-29-7-14(23)16(27-17(13)29)26-11-2-3-31-8-11/h4-7,11H,2-3,8,20-22H2,1H3,(H,26,27)(H,28,30)/t11-/m0/s1. The summed E-state index contributed by atoms with van der Waals surface area (Å²) in [6, 6.07) is 3.19. The van der Waals surface area contributed by atoms with Gasteiger partial charge in [0.2, 0.25) is 5.91 Å². The van der Waals surface area contributed by atoms with Crippen molar-refractivity contribution in [1.82, 2.24) is 19.9 Å². The van der Waals surface area contributed by atoms with E-state index in [1.54, 1.807) is 19.2 Å². The monoisotopic (exact) mass is 439 g/mol. The highest BCUT2D eigenvalue weighted by Crippen LogP contribution is 2.32. The Labute approximate surface area is 187 Å². The highest BCUT2D eigenvalue weighted by atomic mass is 35.5. The largest absolute Gasteiger partial charge is 0.379 e. The van der Waals surface area contributed by atoms with Gasteiger partial charge in [-0.15, -0.1) is 0 Å². The van der Waals surface area contributed by atoms with E-state index in [4.69, 9.17) is 16.3 Å². The van der Waals surface area contributed by atoms with Crippen LogP contribution in [0.1, 0.15) is 22.3 Å². The van der Waals surface area contributed by atoms with E-state index >= 15 is 4.39 Å². The molecule has 0 aliphatic carbocycles. The predicted molar refractivity (Wildman–Crippen MR) is 127 cm³/mol. The summed E-state index contributed by atoms with van der Waals surface area (Å²) in [6.45, 7) is 2.90. The number of nitrogens with one attached hydrogen (secondary N) is 2. The van der Waals surface area contributed by atoms with Gasteiger partial charge < -0.3 is 15.4 Å². The first-order valence-electron chi connectivity index (χ1n) is 10.1. The second kappa shape index (κ2) is 8.20. The number of nitrogens with zero attached hydrogens (tertiary/aromatic N) is 3. The molecule has 3 aromatic rings. The number of fused-ring (bicyclic) bond motifs is 1. The summed E-state index contributed by atoms with van der Waals surface area (Å²) < 4.78 is 22.0. The van der Waals surface area contributed by atoms with Gasteiger partial charge in [-0.2, -0.15) is 5.10 Å². The minimum atomic E-state index is -0.419. The Morgan fingerprint density at radius 1 is 1.35 bits per heavy atom. The molecule has 0 spiro atoms. The van der Waals surface area contributed by atoms with Gasteiger partial charge in [0.1, 0.15) is 40.2 Å². The number of aromatic nitrogens is 3. The minimum absolute atomic E-state index is 0.113. The fourth-order valence-corrected chi connectivity index (χ4v) is 3.72. The molecule has 0 radical (unpaired) electrons. The molecule has 0 bridgehead atoms. The molecule has 2 aromatic heterocycles. The molecule has 1 aromatic carbocycles. The van der Waals surface area contributed by atoms with Crippen LogP contribution in [0, 0.1) is 12.7 Å². The van der Waals surface area contributed by atoms with Crippen molar-refractivity contribution in [3.63, 3.8) is 0 Å². The van der Waals surface area contributed by atoms with Gasteiger partial charge in [0, 0.05) is 23.3 Å². The molecule has 3 heterocycles. The third-order valence-electron chi connectivity index (χ3n) is 5.01. The highest BCUT2D eigenvalue weighted by Gasteiger charge is 2.22. The Morgan fingerprint density at radius 2 is 2.13 bits per heavy atom. The Balaban J connectivity index is 1.78. The number of halogens is 2. The molecule has 1 fully saturated rings. The number of anilines is 1. The number of carbonyl (C=O) groups excluding carboxylic acids is 1. The van der Waals surface area contributed by atoms with Gasteiger partial charge in [0.05, 0.1) is 25.0 Å². The molecule has 7 nitrogen and oxygen atoms in total. The lowest BCUT2D eigenvalue weighted by Gasteiger charge is -2.21. The molecule has 0 unspecified atom stereocenters. The summed E-state index contributed by atoms with van der Waals surface area (Å²) in [7, 11) is 5.68. The molecule has 0 saturated carbocycles. The average Bonchev–Trinajstić information content (AvgIpc) is 3.32. The Morgan fingerprint density at radius 3 is 2.81 bits per heavy atom. The van der Waals surface area contributed by atoms with Crippen LogP contribution < -0.4 is 10.6 Å². The van der Waals surface area contributed by atoms with Crippen molar-refractivity contribution in [2.45, 2.75) is 24.6 Å². The van der Waals surface area contributed by atoms with E-state index < -0.39 is 11.1 Å². The third-order valence-corrected chi connectivity index (χ3v) is 5.29. The third kappa shape index (κ3) is 4.57. The first-order valence-corrected chi connectivity index (χ1v) is 10.5. The van der Waals surface area contributed by atoms with E-state index in [1.807, 2.05) is 23.5 Å². The van der Waals surface area contributed by atoms with Crippen molar-refractivity contribution in [3.05, 3.63) is 46.5 Å². The topological polar surface area (TPSA) is 80.6 Å². The maximum atomic E-state index is 15.1. The lowest BCUT2D eigenvalue weighted by atomic mass is 9.49.